The molecule has 3 rings (SSSR count). The molecule has 0 bridgehead atoms. The molecule has 0 aromatic heterocycles. The van der Waals surface area contributed by atoms with Gasteiger partial charge in [-0.1, -0.05) is 52.3 Å². The van der Waals surface area contributed by atoms with Crippen molar-refractivity contribution in [3.8, 4) is 0 Å². The first-order valence-electron chi connectivity index (χ1n) is 6.56. The molecular formula is C18H12BrFO. The Balaban J connectivity index is 2.21. The Morgan fingerprint density at radius 2 is 1.62 bits per heavy atom. The van der Waals surface area contributed by atoms with E-state index in [9.17, 15) is 9.18 Å². The van der Waals surface area contributed by atoms with Crippen LogP contribution in [-0.4, -0.2) is 5.78 Å². The van der Waals surface area contributed by atoms with Gasteiger partial charge >= 0.3 is 0 Å². The number of rotatable bonds is 2. The lowest BCUT2D eigenvalue weighted by Crippen LogP contribution is -2.05. The van der Waals surface area contributed by atoms with Crippen LogP contribution in [0.25, 0.3) is 10.8 Å². The minimum Gasteiger partial charge on any atom is -0.288 e. The molecular weight excluding hydrogens is 331 g/mol. The molecule has 0 atom stereocenters. The Morgan fingerprint density at radius 1 is 0.952 bits per heavy atom. The molecule has 0 amide bonds. The fourth-order valence-corrected chi connectivity index (χ4v) is 2.80. The van der Waals surface area contributed by atoms with Gasteiger partial charge in [-0.05, 0) is 41.5 Å². The second-order valence-corrected chi connectivity index (χ2v) is 5.84. The number of carbonyl (C=O) groups excluding carboxylic acids is 1. The zero-order valence-corrected chi connectivity index (χ0v) is 12.9. The van der Waals surface area contributed by atoms with E-state index in [-0.39, 0.29) is 11.3 Å². The van der Waals surface area contributed by atoms with Crippen LogP contribution in [0.4, 0.5) is 4.39 Å². The van der Waals surface area contributed by atoms with Gasteiger partial charge in [0.15, 0.2) is 5.78 Å². The van der Waals surface area contributed by atoms with Gasteiger partial charge in [0.05, 0.1) is 5.56 Å². The van der Waals surface area contributed by atoms with Crippen molar-refractivity contribution in [1.29, 1.82) is 0 Å². The maximum Gasteiger partial charge on any atom is 0.196 e. The summed E-state index contributed by atoms with van der Waals surface area (Å²) in [5.41, 5.74) is 1.71. The summed E-state index contributed by atoms with van der Waals surface area (Å²) in [6.45, 7) is 2.00. The van der Waals surface area contributed by atoms with Crippen molar-refractivity contribution in [2.45, 2.75) is 6.92 Å². The first kappa shape index (κ1) is 14.0. The zero-order valence-electron chi connectivity index (χ0n) is 11.4. The van der Waals surface area contributed by atoms with Crippen LogP contribution in [0.5, 0.6) is 0 Å². The Kier molecular flexibility index (Phi) is 3.60. The third-order valence-corrected chi connectivity index (χ3v) is 4.06. The van der Waals surface area contributed by atoms with Gasteiger partial charge in [-0.2, -0.15) is 0 Å². The molecule has 0 radical (unpaired) electrons. The molecule has 3 heteroatoms. The maximum absolute atomic E-state index is 14.0. The van der Waals surface area contributed by atoms with E-state index in [2.05, 4.69) is 15.9 Å². The minimum atomic E-state index is -0.515. The predicted molar refractivity (Wildman–Crippen MR) is 86.2 cm³/mol. The van der Waals surface area contributed by atoms with Gasteiger partial charge in [-0.3, -0.25) is 4.79 Å². The summed E-state index contributed by atoms with van der Waals surface area (Å²) in [6, 6.07) is 15.8. The van der Waals surface area contributed by atoms with E-state index in [1.165, 1.54) is 12.1 Å². The largest absolute Gasteiger partial charge is 0.288 e. The summed E-state index contributed by atoms with van der Waals surface area (Å²) in [7, 11) is 0. The molecule has 0 spiro atoms. The van der Waals surface area contributed by atoms with Crippen molar-refractivity contribution < 1.29 is 9.18 Å². The van der Waals surface area contributed by atoms with Crippen LogP contribution < -0.4 is 0 Å². The SMILES string of the molecule is Cc1ccc(C(=O)c2ccc(Br)cc2F)c2ccccc12. The number of ketones is 1. The zero-order chi connectivity index (χ0) is 15.0. The minimum absolute atomic E-state index is 0.0900. The van der Waals surface area contributed by atoms with Crippen LogP contribution in [-0.2, 0) is 0 Å². The van der Waals surface area contributed by atoms with Crippen LogP contribution >= 0.6 is 15.9 Å². The molecule has 0 heterocycles. The van der Waals surface area contributed by atoms with Crippen molar-refractivity contribution in [1.82, 2.24) is 0 Å². The fraction of sp³-hybridized carbons (Fsp3) is 0.0556. The number of hydrogen-bond donors (Lipinski definition) is 0. The van der Waals surface area contributed by atoms with Crippen molar-refractivity contribution >= 4 is 32.5 Å². The molecule has 3 aromatic carbocycles. The number of hydrogen-bond acceptors (Lipinski definition) is 1. The highest BCUT2D eigenvalue weighted by Gasteiger charge is 2.17. The Morgan fingerprint density at radius 3 is 2.33 bits per heavy atom. The first-order valence-corrected chi connectivity index (χ1v) is 7.35. The average molecular weight is 343 g/mol. The van der Waals surface area contributed by atoms with E-state index in [1.54, 1.807) is 12.1 Å². The van der Waals surface area contributed by atoms with Gasteiger partial charge in [-0.15, -0.1) is 0 Å². The number of benzene rings is 3. The average Bonchev–Trinajstić information content (AvgIpc) is 2.47. The molecule has 3 aromatic rings. The summed E-state index contributed by atoms with van der Waals surface area (Å²) in [4.78, 5) is 12.6. The lowest BCUT2D eigenvalue weighted by atomic mass is 9.95. The summed E-state index contributed by atoms with van der Waals surface area (Å²) >= 11 is 3.20. The van der Waals surface area contributed by atoms with Crippen LogP contribution in [0, 0.1) is 12.7 Å². The highest BCUT2D eigenvalue weighted by atomic mass is 79.9. The number of halogens is 2. The number of carbonyl (C=O) groups is 1. The van der Waals surface area contributed by atoms with Gasteiger partial charge < -0.3 is 0 Å². The molecule has 1 nitrogen and oxygen atoms in total. The van der Waals surface area contributed by atoms with E-state index in [4.69, 9.17) is 0 Å². The summed E-state index contributed by atoms with van der Waals surface area (Å²) in [5.74, 6) is -0.810. The van der Waals surface area contributed by atoms with E-state index < -0.39 is 5.82 Å². The standard InChI is InChI=1S/C18H12BrFO/c1-11-6-8-15(14-5-3-2-4-13(11)14)18(21)16-9-7-12(19)10-17(16)20/h2-10H,1H3. The second kappa shape index (κ2) is 5.41. The summed E-state index contributed by atoms with van der Waals surface area (Å²) < 4.78 is 14.6. The van der Waals surface area contributed by atoms with Crippen LogP contribution in [0.1, 0.15) is 21.5 Å². The van der Waals surface area contributed by atoms with E-state index in [0.29, 0.717) is 10.0 Å². The molecule has 21 heavy (non-hydrogen) atoms. The normalized spacial score (nSPS) is 10.8. The fourth-order valence-electron chi connectivity index (χ4n) is 2.47. The summed E-state index contributed by atoms with van der Waals surface area (Å²) in [5, 5.41) is 1.87. The highest BCUT2D eigenvalue weighted by Crippen LogP contribution is 2.26. The Labute approximate surface area is 130 Å². The predicted octanol–water partition coefficient (Wildman–Crippen LogP) is 5.28. The molecule has 0 aliphatic rings. The van der Waals surface area contributed by atoms with Gasteiger partial charge in [0.1, 0.15) is 5.82 Å². The highest BCUT2D eigenvalue weighted by molar-refractivity contribution is 9.10. The molecule has 0 saturated carbocycles. The molecule has 104 valence electrons. The number of fused-ring (bicyclic) bond motifs is 1. The van der Waals surface area contributed by atoms with E-state index in [1.807, 2.05) is 37.3 Å². The molecule has 0 aliphatic carbocycles. The van der Waals surface area contributed by atoms with Gasteiger partial charge in [0.25, 0.3) is 0 Å². The van der Waals surface area contributed by atoms with Gasteiger partial charge in [0.2, 0.25) is 0 Å². The van der Waals surface area contributed by atoms with E-state index in [0.717, 1.165) is 16.3 Å². The number of aryl methyl sites for hydroxylation is 1. The second-order valence-electron chi connectivity index (χ2n) is 4.93. The smallest absolute Gasteiger partial charge is 0.196 e. The molecule has 0 N–H and O–H groups in total. The maximum atomic E-state index is 14.0. The molecule has 0 fully saturated rings. The van der Waals surface area contributed by atoms with E-state index >= 15 is 0 Å². The molecule has 0 saturated heterocycles. The van der Waals surface area contributed by atoms with Crippen LogP contribution in [0.3, 0.4) is 0 Å². The Bertz CT molecular complexity index is 855. The third kappa shape index (κ3) is 2.49. The van der Waals surface area contributed by atoms with Crippen molar-refractivity contribution in [3.63, 3.8) is 0 Å². The lowest BCUT2D eigenvalue weighted by Gasteiger charge is -2.09. The van der Waals surface area contributed by atoms with Crippen LogP contribution in [0.15, 0.2) is 59.1 Å². The van der Waals surface area contributed by atoms with Gasteiger partial charge in [-0.25, -0.2) is 4.39 Å². The summed E-state index contributed by atoms with van der Waals surface area (Å²) in [6.07, 6.45) is 0. The van der Waals surface area contributed by atoms with Crippen molar-refractivity contribution in [3.05, 3.63) is 81.6 Å². The first-order chi connectivity index (χ1) is 10.1. The van der Waals surface area contributed by atoms with Crippen molar-refractivity contribution in [2.24, 2.45) is 0 Å². The van der Waals surface area contributed by atoms with Gasteiger partial charge in [0, 0.05) is 10.0 Å². The quantitative estimate of drug-likeness (QED) is 0.579. The molecule has 0 aliphatic heterocycles. The third-order valence-electron chi connectivity index (χ3n) is 3.56. The van der Waals surface area contributed by atoms with Crippen LogP contribution in [0.2, 0.25) is 0 Å². The molecule has 0 unspecified atom stereocenters. The lowest BCUT2D eigenvalue weighted by molar-refractivity contribution is 0.103. The topological polar surface area (TPSA) is 17.1 Å². The van der Waals surface area contributed by atoms with Crippen molar-refractivity contribution in [2.75, 3.05) is 0 Å². The Hall–Kier alpha value is -2.00. The monoisotopic (exact) mass is 342 g/mol.